The molecule has 0 radical (unpaired) electrons. The Morgan fingerprint density at radius 1 is 0.743 bits per heavy atom. The quantitative estimate of drug-likeness (QED) is 0.125. The normalized spacial score (nSPS) is 12.5. The average Bonchev–Trinajstić information content (AvgIpc) is 2.76. The predicted octanol–water partition coefficient (Wildman–Crippen LogP) is -1.77. The van der Waals surface area contributed by atoms with Crippen molar-refractivity contribution in [2.75, 3.05) is 19.6 Å². The van der Waals surface area contributed by atoms with Crippen LogP contribution in [0.2, 0.25) is 0 Å². The third-order valence-electron chi connectivity index (χ3n) is 4.28. The van der Waals surface area contributed by atoms with Crippen molar-refractivity contribution in [2.45, 2.75) is 58.5 Å². The zero-order chi connectivity index (χ0) is 27.0. The molecular weight excluding hydrogens is 466 g/mol. The highest BCUT2D eigenvalue weighted by molar-refractivity contribution is 5.91. The van der Waals surface area contributed by atoms with E-state index in [1.807, 2.05) is 0 Å². The van der Waals surface area contributed by atoms with Crippen LogP contribution in [0, 0.1) is 5.92 Å². The molecule has 0 aliphatic rings. The molecule has 35 heavy (non-hydrogen) atoms. The molecule has 6 N–H and O–H groups in total. The summed E-state index contributed by atoms with van der Waals surface area (Å²) in [4.78, 5) is 84.4. The molecule has 0 saturated carbocycles. The van der Waals surface area contributed by atoms with Gasteiger partial charge in [-0.3, -0.25) is 33.8 Å². The van der Waals surface area contributed by atoms with Crippen LogP contribution in [0.15, 0.2) is 4.99 Å². The first-order valence-electron chi connectivity index (χ1n) is 10.9. The molecule has 0 aromatic rings. The maximum atomic E-state index is 12.1. The van der Waals surface area contributed by atoms with Gasteiger partial charge in [0.2, 0.25) is 23.6 Å². The summed E-state index contributed by atoms with van der Waals surface area (Å²) >= 11 is 0. The first-order chi connectivity index (χ1) is 16.3. The number of carboxylic acid groups (broad SMARTS) is 2. The largest absolute Gasteiger partial charge is 0.481 e. The second kappa shape index (κ2) is 16.7. The van der Waals surface area contributed by atoms with E-state index in [-0.39, 0.29) is 50.6 Å². The molecule has 14 heteroatoms. The Bertz CT molecular complexity index is 826. The summed E-state index contributed by atoms with van der Waals surface area (Å²) in [6, 6.07) is -1.50. The molecule has 0 unspecified atom stereocenters. The Labute approximate surface area is 202 Å². The smallest absolute Gasteiger partial charge is 0.326 e. The van der Waals surface area contributed by atoms with Crippen molar-refractivity contribution in [2.24, 2.45) is 10.9 Å². The molecule has 0 heterocycles. The zero-order valence-corrected chi connectivity index (χ0v) is 20.0. The van der Waals surface area contributed by atoms with Gasteiger partial charge < -0.3 is 31.5 Å². The van der Waals surface area contributed by atoms with Crippen LogP contribution in [0.25, 0.3) is 0 Å². The van der Waals surface area contributed by atoms with Gasteiger partial charge in [0.15, 0.2) is 0 Å². The molecule has 0 fully saturated rings. The highest BCUT2D eigenvalue weighted by atomic mass is 16.4. The van der Waals surface area contributed by atoms with E-state index < -0.39 is 54.1 Å². The molecule has 0 aromatic heterocycles. The summed E-state index contributed by atoms with van der Waals surface area (Å²) in [5, 5.41) is 27.5. The van der Waals surface area contributed by atoms with E-state index in [2.05, 4.69) is 26.3 Å². The number of carbonyl (C=O) groups excluding carboxylic acids is 5. The molecule has 0 saturated heterocycles. The Balaban J connectivity index is 4.44. The standard InChI is InChI=1S/C21H33N5O9/c1-12(2)22-9-14(20(32)33)4-6-17(29)26-15(21(34)35)5-7-16(28)24-10-19(31)25-11-18(30)23-8-13(3)27/h9,12,14-15H,4-8,10-11H2,1-3H3,(H,23,30)(H,24,28)(H,25,31)(H,26,29)(H,32,33)(H,34,35)/b22-9+/t14-,15+/m1/s1. The average molecular weight is 500 g/mol. The molecule has 2 atom stereocenters. The molecule has 0 rings (SSSR count). The van der Waals surface area contributed by atoms with Crippen LogP contribution in [-0.4, -0.2) is 89.5 Å². The summed E-state index contributed by atoms with van der Waals surface area (Å²) in [6.45, 7) is 3.80. The molecule has 0 aliphatic heterocycles. The minimum Gasteiger partial charge on any atom is -0.481 e. The third kappa shape index (κ3) is 16.4. The zero-order valence-electron chi connectivity index (χ0n) is 20.0. The van der Waals surface area contributed by atoms with Gasteiger partial charge in [-0.2, -0.15) is 0 Å². The number of hydrogen-bond donors (Lipinski definition) is 6. The van der Waals surface area contributed by atoms with Crippen molar-refractivity contribution in [3.05, 3.63) is 0 Å². The van der Waals surface area contributed by atoms with E-state index in [0.717, 1.165) is 0 Å². The number of ketones is 1. The number of Topliss-reactive ketones (excluding diaryl/α,β-unsaturated/α-hetero) is 1. The fourth-order valence-corrected chi connectivity index (χ4v) is 2.42. The fourth-order valence-electron chi connectivity index (χ4n) is 2.42. The summed E-state index contributed by atoms with van der Waals surface area (Å²) in [5.41, 5.74) is 0. The topological polar surface area (TPSA) is 220 Å². The SMILES string of the molecule is CC(=O)CNC(=O)CNC(=O)CNC(=O)CC[C@H](NC(=O)CC[C@H](/C=N/C(C)C)C(=O)O)C(=O)O. The van der Waals surface area contributed by atoms with Gasteiger partial charge in [0.05, 0.1) is 25.6 Å². The van der Waals surface area contributed by atoms with Crippen LogP contribution < -0.4 is 21.3 Å². The number of amides is 4. The van der Waals surface area contributed by atoms with Crippen LogP contribution in [0.3, 0.4) is 0 Å². The Kier molecular flexibility index (Phi) is 14.9. The molecule has 0 aromatic carbocycles. The van der Waals surface area contributed by atoms with E-state index in [4.69, 9.17) is 0 Å². The Hall–Kier alpha value is -3.84. The number of nitrogens with one attached hydrogen (secondary N) is 4. The number of aliphatic carboxylic acids is 2. The summed E-state index contributed by atoms with van der Waals surface area (Å²) in [5.74, 6) is -6.39. The summed E-state index contributed by atoms with van der Waals surface area (Å²) < 4.78 is 0. The molecular formula is C21H33N5O9. The van der Waals surface area contributed by atoms with Crippen LogP contribution in [0.1, 0.15) is 46.5 Å². The van der Waals surface area contributed by atoms with Crippen LogP contribution in [0.4, 0.5) is 0 Å². The lowest BCUT2D eigenvalue weighted by Crippen LogP contribution is -2.44. The number of hydrogen-bond acceptors (Lipinski definition) is 8. The van der Waals surface area contributed by atoms with Crippen molar-refractivity contribution < 1.29 is 43.8 Å². The van der Waals surface area contributed by atoms with Gasteiger partial charge in [-0.15, -0.1) is 0 Å². The van der Waals surface area contributed by atoms with Crippen molar-refractivity contribution in [1.82, 2.24) is 21.3 Å². The Morgan fingerprint density at radius 2 is 1.26 bits per heavy atom. The molecule has 0 aliphatic carbocycles. The van der Waals surface area contributed by atoms with Crippen molar-refractivity contribution >= 4 is 47.6 Å². The van der Waals surface area contributed by atoms with E-state index >= 15 is 0 Å². The monoisotopic (exact) mass is 499 g/mol. The van der Waals surface area contributed by atoms with E-state index in [0.29, 0.717) is 0 Å². The van der Waals surface area contributed by atoms with Crippen molar-refractivity contribution in [1.29, 1.82) is 0 Å². The molecule has 196 valence electrons. The molecule has 0 spiro atoms. The Morgan fingerprint density at radius 3 is 1.74 bits per heavy atom. The second-order valence-electron chi connectivity index (χ2n) is 7.90. The number of nitrogens with zero attached hydrogens (tertiary/aromatic N) is 1. The third-order valence-corrected chi connectivity index (χ3v) is 4.28. The molecule has 0 bridgehead atoms. The van der Waals surface area contributed by atoms with Crippen molar-refractivity contribution in [3.63, 3.8) is 0 Å². The molecule has 4 amide bonds. The van der Waals surface area contributed by atoms with E-state index in [9.17, 15) is 43.8 Å². The predicted molar refractivity (Wildman–Crippen MR) is 122 cm³/mol. The van der Waals surface area contributed by atoms with Gasteiger partial charge in [-0.05, 0) is 33.6 Å². The number of aliphatic imine (C=N–C) groups is 1. The minimum absolute atomic E-state index is 0.0773. The fraction of sp³-hybridized carbons (Fsp3) is 0.619. The highest BCUT2D eigenvalue weighted by Crippen LogP contribution is 2.07. The number of carbonyl (C=O) groups is 7. The maximum Gasteiger partial charge on any atom is 0.326 e. The number of rotatable bonds is 17. The maximum absolute atomic E-state index is 12.1. The molecule has 14 nitrogen and oxygen atoms in total. The van der Waals surface area contributed by atoms with Gasteiger partial charge in [0.25, 0.3) is 0 Å². The highest BCUT2D eigenvalue weighted by Gasteiger charge is 2.23. The van der Waals surface area contributed by atoms with Gasteiger partial charge in [0, 0.05) is 25.1 Å². The summed E-state index contributed by atoms with van der Waals surface area (Å²) in [6.07, 6.45) is 0.332. The first-order valence-corrected chi connectivity index (χ1v) is 10.9. The first kappa shape index (κ1) is 31.2. The van der Waals surface area contributed by atoms with Gasteiger partial charge in [-0.1, -0.05) is 0 Å². The van der Waals surface area contributed by atoms with Crippen LogP contribution in [-0.2, 0) is 33.6 Å². The van der Waals surface area contributed by atoms with E-state index in [1.165, 1.54) is 13.1 Å². The van der Waals surface area contributed by atoms with Crippen LogP contribution >= 0.6 is 0 Å². The van der Waals surface area contributed by atoms with Gasteiger partial charge in [-0.25, -0.2) is 4.79 Å². The second-order valence-corrected chi connectivity index (χ2v) is 7.90. The lowest BCUT2D eigenvalue weighted by atomic mass is 10.0. The minimum atomic E-state index is -1.39. The lowest BCUT2D eigenvalue weighted by Gasteiger charge is -2.15. The van der Waals surface area contributed by atoms with E-state index in [1.54, 1.807) is 13.8 Å². The van der Waals surface area contributed by atoms with Crippen molar-refractivity contribution in [3.8, 4) is 0 Å². The van der Waals surface area contributed by atoms with Gasteiger partial charge in [0.1, 0.15) is 11.8 Å². The van der Waals surface area contributed by atoms with Crippen LogP contribution in [0.5, 0.6) is 0 Å². The van der Waals surface area contributed by atoms with Gasteiger partial charge >= 0.3 is 11.9 Å². The summed E-state index contributed by atoms with van der Waals surface area (Å²) in [7, 11) is 0. The lowest BCUT2D eigenvalue weighted by molar-refractivity contribution is -0.143. The number of carboxylic acids is 2.